The fourth-order valence-corrected chi connectivity index (χ4v) is 5.52. The Kier molecular flexibility index (Phi) is 5.18. The minimum absolute atomic E-state index is 0.0123. The van der Waals surface area contributed by atoms with Crippen LogP contribution in [0.1, 0.15) is 6.42 Å². The third-order valence-corrected chi connectivity index (χ3v) is 7.35. The van der Waals surface area contributed by atoms with E-state index in [1.54, 1.807) is 22.0 Å². The normalized spacial score (nSPS) is 16.5. The molecule has 0 N–H and O–H groups in total. The number of aromatic nitrogens is 3. The number of amides is 1. The van der Waals surface area contributed by atoms with E-state index in [1.165, 1.54) is 16.7 Å². The first-order chi connectivity index (χ1) is 11.5. The molecule has 1 fully saturated rings. The molecule has 0 unspecified atom stereocenters. The largest absolute Gasteiger partial charge is 0.340 e. The molecule has 3 heterocycles. The molecule has 1 aliphatic heterocycles. The molecule has 1 aliphatic rings. The van der Waals surface area contributed by atoms with E-state index >= 15 is 0 Å². The number of piperazine rings is 1. The number of halogens is 1. The maximum atomic E-state index is 12.5. The fourth-order valence-electron chi connectivity index (χ4n) is 2.46. The third-order valence-electron chi connectivity index (χ3n) is 3.76. The molecular weight excluding hydrogens is 374 g/mol. The van der Waals surface area contributed by atoms with E-state index in [0.717, 1.165) is 11.3 Å². The first-order valence-electron chi connectivity index (χ1n) is 7.32. The highest BCUT2D eigenvalue weighted by atomic mass is 35.5. The van der Waals surface area contributed by atoms with Gasteiger partial charge in [-0.3, -0.25) is 9.48 Å². The number of hydrogen-bond donors (Lipinski definition) is 0. The van der Waals surface area contributed by atoms with Crippen LogP contribution in [0.5, 0.6) is 0 Å². The molecule has 0 bridgehead atoms. The van der Waals surface area contributed by atoms with Crippen molar-refractivity contribution in [1.29, 1.82) is 0 Å². The van der Waals surface area contributed by atoms with E-state index in [0.29, 0.717) is 30.4 Å². The summed E-state index contributed by atoms with van der Waals surface area (Å²) in [7, 11) is -3.53. The third kappa shape index (κ3) is 3.77. The Labute approximate surface area is 148 Å². The van der Waals surface area contributed by atoms with Gasteiger partial charge in [0.25, 0.3) is 10.0 Å². The van der Waals surface area contributed by atoms with Crippen molar-refractivity contribution in [2.24, 2.45) is 0 Å². The molecule has 0 aliphatic carbocycles. The zero-order valence-corrected chi connectivity index (χ0v) is 15.1. The molecule has 1 saturated heterocycles. The lowest BCUT2D eigenvalue weighted by molar-refractivity contribution is -0.132. The van der Waals surface area contributed by atoms with Crippen LogP contribution >= 0.6 is 22.9 Å². The second-order valence-corrected chi connectivity index (χ2v) is 9.13. The highest BCUT2D eigenvalue weighted by Crippen LogP contribution is 2.28. The van der Waals surface area contributed by atoms with Crippen LogP contribution in [-0.2, 0) is 21.4 Å². The van der Waals surface area contributed by atoms with E-state index in [9.17, 15) is 13.2 Å². The summed E-state index contributed by atoms with van der Waals surface area (Å²) in [5.74, 6) is -0.0123. The monoisotopic (exact) mass is 389 g/mol. The molecule has 0 atom stereocenters. The van der Waals surface area contributed by atoms with E-state index in [2.05, 4.69) is 10.1 Å². The van der Waals surface area contributed by atoms with Gasteiger partial charge in [0.05, 0.1) is 10.9 Å². The standard InChI is InChI=1S/C13H16ClN5O3S2/c14-11-1-2-13(23-11)24(21,22)19-7-5-17(6-8-19)12(20)3-4-18-10-15-9-16-18/h1-2,9-10H,3-8H2. The molecule has 11 heteroatoms. The molecule has 8 nitrogen and oxygen atoms in total. The topological polar surface area (TPSA) is 88.4 Å². The van der Waals surface area contributed by atoms with Gasteiger partial charge in [0.1, 0.15) is 16.9 Å². The van der Waals surface area contributed by atoms with Crippen LogP contribution in [0.4, 0.5) is 0 Å². The molecule has 3 rings (SSSR count). The average molecular weight is 390 g/mol. The molecule has 2 aromatic heterocycles. The van der Waals surface area contributed by atoms with Crippen LogP contribution in [0.15, 0.2) is 29.0 Å². The summed E-state index contributed by atoms with van der Waals surface area (Å²) in [4.78, 5) is 17.7. The Morgan fingerprint density at radius 3 is 2.58 bits per heavy atom. The summed E-state index contributed by atoms with van der Waals surface area (Å²) in [5, 5.41) is 3.95. The Hall–Kier alpha value is -1.49. The van der Waals surface area contributed by atoms with Crippen molar-refractivity contribution < 1.29 is 13.2 Å². The van der Waals surface area contributed by atoms with Crippen molar-refractivity contribution in [2.45, 2.75) is 17.2 Å². The van der Waals surface area contributed by atoms with E-state index in [4.69, 9.17) is 11.6 Å². The van der Waals surface area contributed by atoms with Gasteiger partial charge in [-0.25, -0.2) is 13.4 Å². The van der Waals surface area contributed by atoms with Crippen molar-refractivity contribution in [3.8, 4) is 0 Å². The van der Waals surface area contributed by atoms with Crippen LogP contribution in [0, 0.1) is 0 Å². The number of aryl methyl sites for hydroxylation is 1. The van der Waals surface area contributed by atoms with Gasteiger partial charge < -0.3 is 4.90 Å². The summed E-state index contributed by atoms with van der Waals surface area (Å²) < 4.78 is 28.7. The van der Waals surface area contributed by atoms with Gasteiger partial charge >= 0.3 is 0 Å². The summed E-state index contributed by atoms with van der Waals surface area (Å²) in [6.45, 7) is 1.80. The molecule has 2 aromatic rings. The second-order valence-electron chi connectivity index (χ2n) is 5.25. The van der Waals surface area contributed by atoms with Gasteiger partial charge in [0.2, 0.25) is 5.91 Å². The lowest BCUT2D eigenvalue weighted by Gasteiger charge is -2.33. The van der Waals surface area contributed by atoms with Crippen LogP contribution in [-0.4, -0.2) is 64.5 Å². The molecule has 0 aromatic carbocycles. The molecule has 130 valence electrons. The SMILES string of the molecule is O=C(CCn1cncn1)N1CCN(S(=O)(=O)c2ccc(Cl)s2)CC1. The zero-order chi connectivity index (χ0) is 17.2. The number of sulfonamides is 1. The summed E-state index contributed by atoms with van der Waals surface area (Å²) in [5.41, 5.74) is 0. The number of hydrogen-bond acceptors (Lipinski definition) is 6. The van der Waals surface area contributed by atoms with Gasteiger partial charge in [-0.05, 0) is 12.1 Å². The number of carbonyl (C=O) groups excluding carboxylic acids is 1. The highest BCUT2D eigenvalue weighted by molar-refractivity contribution is 7.91. The Morgan fingerprint density at radius 2 is 2.00 bits per heavy atom. The van der Waals surface area contributed by atoms with E-state index in [1.807, 2.05) is 0 Å². The van der Waals surface area contributed by atoms with Gasteiger partial charge in [-0.15, -0.1) is 11.3 Å². The smallest absolute Gasteiger partial charge is 0.252 e. The van der Waals surface area contributed by atoms with Crippen LogP contribution in [0.2, 0.25) is 4.34 Å². The second kappa shape index (κ2) is 7.18. The number of rotatable bonds is 5. The fraction of sp³-hybridized carbons (Fsp3) is 0.462. The first-order valence-corrected chi connectivity index (χ1v) is 9.96. The highest BCUT2D eigenvalue weighted by Gasteiger charge is 2.30. The lowest BCUT2D eigenvalue weighted by atomic mass is 10.3. The summed E-state index contributed by atoms with van der Waals surface area (Å²) >= 11 is 6.86. The summed E-state index contributed by atoms with van der Waals surface area (Å²) in [6, 6.07) is 3.08. The van der Waals surface area contributed by atoms with Crippen LogP contribution < -0.4 is 0 Å². The lowest BCUT2D eigenvalue weighted by Crippen LogP contribution is -2.50. The summed E-state index contributed by atoms with van der Waals surface area (Å²) in [6.07, 6.45) is 3.30. The maximum Gasteiger partial charge on any atom is 0.252 e. The van der Waals surface area contributed by atoms with Gasteiger partial charge in [-0.1, -0.05) is 11.6 Å². The Morgan fingerprint density at radius 1 is 1.25 bits per heavy atom. The molecule has 24 heavy (non-hydrogen) atoms. The quantitative estimate of drug-likeness (QED) is 0.758. The zero-order valence-electron chi connectivity index (χ0n) is 12.7. The average Bonchev–Trinajstić information content (AvgIpc) is 3.24. The van der Waals surface area contributed by atoms with Crippen molar-refractivity contribution in [1.82, 2.24) is 24.0 Å². The van der Waals surface area contributed by atoms with Gasteiger partial charge in [0.15, 0.2) is 0 Å². The van der Waals surface area contributed by atoms with Gasteiger partial charge in [0, 0.05) is 32.6 Å². The molecule has 0 spiro atoms. The van der Waals surface area contributed by atoms with Crippen molar-refractivity contribution >= 4 is 38.9 Å². The number of nitrogens with zero attached hydrogens (tertiary/aromatic N) is 5. The Balaban J connectivity index is 1.54. The molecular formula is C13H16ClN5O3S2. The molecule has 0 radical (unpaired) electrons. The van der Waals surface area contributed by atoms with E-state index < -0.39 is 10.0 Å². The van der Waals surface area contributed by atoms with Crippen LogP contribution in [0.25, 0.3) is 0 Å². The Bertz CT molecular complexity index is 797. The van der Waals surface area contributed by atoms with Gasteiger partial charge in [-0.2, -0.15) is 9.40 Å². The minimum atomic E-state index is -3.53. The number of carbonyl (C=O) groups is 1. The van der Waals surface area contributed by atoms with Crippen LogP contribution in [0.3, 0.4) is 0 Å². The predicted octanol–water partition coefficient (Wildman–Crippen LogP) is 0.916. The predicted molar refractivity (Wildman–Crippen MR) is 89.3 cm³/mol. The van der Waals surface area contributed by atoms with Crippen molar-refractivity contribution in [2.75, 3.05) is 26.2 Å². The first kappa shape index (κ1) is 17.3. The maximum absolute atomic E-state index is 12.5. The van der Waals surface area contributed by atoms with Crippen molar-refractivity contribution in [3.63, 3.8) is 0 Å². The van der Waals surface area contributed by atoms with Crippen molar-refractivity contribution in [3.05, 3.63) is 29.1 Å². The molecule has 1 amide bonds. The molecule has 0 saturated carbocycles. The van der Waals surface area contributed by atoms with E-state index in [-0.39, 0.29) is 23.2 Å². The minimum Gasteiger partial charge on any atom is -0.340 e. The number of thiophene rings is 1.